The molecule has 0 amide bonds. The Morgan fingerprint density at radius 3 is 2.32 bits per heavy atom. The molecule has 19 heavy (non-hydrogen) atoms. The van der Waals surface area contributed by atoms with Crippen LogP contribution in [0.4, 0.5) is 17.3 Å². The molecule has 0 saturated carbocycles. The summed E-state index contributed by atoms with van der Waals surface area (Å²) in [5, 5.41) is 0. The first-order valence-electron chi connectivity index (χ1n) is 4.89. The molecule has 0 spiro atoms. The zero-order valence-corrected chi connectivity index (χ0v) is 14.3. The minimum absolute atomic E-state index is 0. The van der Waals surface area contributed by atoms with Gasteiger partial charge in [0.15, 0.2) is 9.84 Å². The fraction of sp³-hybridized carbons (Fsp3) is 0.333. The molecule has 102 valence electrons. The van der Waals surface area contributed by atoms with Crippen molar-refractivity contribution in [3.63, 3.8) is 0 Å². The Hall–Kier alpha value is 0.391. The van der Waals surface area contributed by atoms with Crippen LogP contribution in [-0.4, -0.2) is 34.0 Å². The SMILES string of the molecule is CS(=O)(=O)CCOc1ccc(F)cc1[B-](F)(F)F.[K+]. The largest absolute Gasteiger partial charge is 1.00 e. The van der Waals surface area contributed by atoms with Crippen molar-refractivity contribution in [2.24, 2.45) is 0 Å². The van der Waals surface area contributed by atoms with E-state index in [0.717, 1.165) is 18.4 Å². The van der Waals surface area contributed by atoms with Gasteiger partial charge in [-0.15, -0.1) is 0 Å². The van der Waals surface area contributed by atoms with Gasteiger partial charge in [0.2, 0.25) is 0 Å². The fourth-order valence-electron chi connectivity index (χ4n) is 1.21. The normalized spacial score (nSPS) is 11.8. The average Bonchev–Trinajstić information content (AvgIpc) is 2.17. The van der Waals surface area contributed by atoms with E-state index in [1.165, 1.54) is 0 Å². The number of hydrogen-bond acceptors (Lipinski definition) is 3. The molecule has 1 aromatic carbocycles. The van der Waals surface area contributed by atoms with Crippen LogP contribution >= 0.6 is 0 Å². The molecule has 1 aromatic rings. The molecule has 0 unspecified atom stereocenters. The monoisotopic (exact) mass is 324 g/mol. The fourth-order valence-corrected chi connectivity index (χ4v) is 1.60. The summed E-state index contributed by atoms with van der Waals surface area (Å²) in [5.41, 5.74) is -1.21. The predicted octanol–water partition coefficient (Wildman–Crippen LogP) is -1.69. The summed E-state index contributed by atoms with van der Waals surface area (Å²) < 4.78 is 76.9. The second-order valence-electron chi connectivity index (χ2n) is 3.74. The van der Waals surface area contributed by atoms with Gasteiger partial charge in [0.1, 0.15) is 12.4 Å². The van der Waals surface area contributed by atoms with E-state index in [4.69, 9.17) is 4.74 Å². The average molecular weight is 324 g/mol. The summed E-state index contributed by atoms with van der Waals surface area (Å²) in [7, 11) is -3.33. The van der Waals surface area contributed by atoms with Crippen LogP contribution in [0.5, 0.6) is 5.75 Å². The molecule has 0 N–H and O–H groups in total. The van der Waals surface area contributed by atoms with Crippen LogP contribution in [0, 0.1) is 5.82 Å². The van der Waals surface area contributed by atoms with Gasteiger partial charge in [-0.2, -0.15) is 0 Å². The van der Waals surface area contributed by atoms with E-state index in [9.17, 15) is 25.8 Å². The zero-order valence-electron chi connectivity index (χ0n) is 10.4. The maximum absolute atomic E-state index is 12.7. The molecule has 0 atom stereocenters. The Morgan fingerprint density at radius 1 is 1.26 bits per heavy atom. The smallest absolute Gasteiger partial charge is 0.496 e. The van der Waals surface area contributed by atoms with Gasteiger partial charge < -0.3 is 17.7 Å². The molecule has 0 aliphatic rings. The maximum atomic E-state index is 12.7. The van der Waals surface area contributed by atoms with E-state index >= 15 is 0 Å². The molecular formula is C9H10BF4KO3S. The minimum atomic E-state index is -5.42. The molecule has 0 aliphatic carbocycles. The molecule has 0 bridgehead atoms. The van der Waals surface area contributed by atoms with Crippen LogP contribution in [0.25, 0.3) is 0 Å². The Kier molecular flexibility index (Phi) is 7.57. The number of hydrogen-bond donors (Lipinski definition) is 0. The van der Waals surface area contributed by atoms with Crippen LogP contribution in [0.15, 0.2) is 18.2 Å². The molecule has 0 aliphatic heterocycles. The second kappa shape index (κ2) is 7.41. The first-order valence-corrected chi connectivity index (χ1v) is 6.95. The van der Waals surface area contributed by atoms with Gasteiger partial charge in [0.25, 0.3) is 0 Å². The number of halogens is 4. The van der Waals surface area contributed by atoms with Crippen molar-refractivity contribution in [1.29, 1.82) is 0 Å². The van der Waals surface area contributed by atoms with Crippen molar-refractivity contribution >= 4 is 22.3 Å². The van der Waals surface area contributed by atoms with Crippen molar-refractivity contribution in [1.82, 2.24) is 0 Å². The summed E-state index contributed by atoms with van der Waals surface area (Å²) >= 11 is 0. The van der Waals surface area contributed by atoms with Crippen LogP contribution in [0.3, 0.4) is 0 Å². The van der Waals surface area contributed by atoms with Gasteiger partial charge in [-0.1, -0.05) is 5.46 Å². The van der Waals surface area contributed by atoms with Gasteiger partial charge in [-0.25, -0.2) is 12.8 Å². The second-order valence-corrected chi connectivity index (χ2v) is 6.00. The van der Waals surface area contributed by atoms with Gasteiger partial charge in [0, 0.05) is 6.26 Å². The van der Waals surface area contributed by atoms with Gasteiger partial charge in [0.05, 0.1) is 11.5 Å². The van der Waals surface area contributed by atoms with Crippen molar-refractivity contribution < 1.29 is 81.9 Å². The molecule has 10 heteroatoms. The first-order chi connectivity index (χ1) is 8.09. The van der Waals surface area contributed by atoms with E-state index in [0.29, 0.717) is 6.07 Å². The Bertz CT molecular complexity index is 533. The minimum Gasteiger partial charge on any atom is -0.496 e. The number of benzene rings is 1. The Morgan fingerprint density at radius 2 is 1.84 bits per heavy atom. The van der Waals surface area contributed by atoms with E-state index in [1.54, 1.807) is 0 Å². The Labute approximate surface area is 151 Å². The summed E-state index contributed by atoms with van der Waals surface area (Å²) in [6.07, 6.45) is 0.940. The summed E-state index contributed by atoms with van der Waals surface area (Å²) in [5.74, 6) is -2.00. The summed E-state index contributed by atoms with van der Waals surface area (Å²) in [4.78, 5) is 0. The summed E-state index contributed by atoms with van der Waals surface area (Å²) in [6.45, 7) is -5.83. The van der Waals surface area contributed by atoms with Gasteiger partial charge in [-0.3, -0.25) is 0 Å². The van der Waals surface area contributed by atoms with E-state index in [1.807, 2.05) is 0 Å². The molecule has 3 nitrogen and oxygen atoms in total. The standard InChI is InChI=1S/C9H10BF4O3S.K/c1-18(15,16)5-4-17-9-3-2-7(11)6-8(9)10(12,13)14;/h2-3,6H,4-5H2,1H3;/q-1;+1. The zero-order chi connectivity index (χ0) is 14.0. The topological polar surface area (TPSA) is 43.4 Å². The Balaban J connectivity index is 0.00000324. The molecule has 0 radical (unpaired) electrons. The molecular weight excluding hydrogens is 314 g/mol. The van der Waals surface area contributed by atoms with Crippen molar-refractivity contribution in [2.45, 2.75) is 0 Å². The predicted molar refractivity (Wildman–Crippen MR) is 60.3 cm³/mol. The molecule has 0 fully saturated rings. The van der Waals surface area contributed by atoms with Crippen LogP contribution in [-0.2, 0) is 9.84 Å². The van der Waals surface area contributed by atoms with Crippen LogP contribution < -0.4 is 61.6 Å². The quantitative estimate of drug-likeness (QED) is 0.479. The van der Waals surface area contributed by atoms with E-state index < -0.39 is 46.2 Å². The van der Waals surface area contributed by atoms with Crippen molar-refractivity contribution in [3.8, 4) is 5.75 Å². The maximum Gasteiger partial charge on any atom is 1.00 e. The van der Waals surface area contributed by atoms with Crippen molar-refractivity contribution in [3.05, 3.63) is 24.0 Å². The third kappa shape index (κ3) is 7.09. The number of sulfone groups is 1. The van der Waals surface area contributed by atoms with Gasteiger partial charge in [-0.05, 0) is 18.2 Å². The van der Waals surface area contributed by atoms with Gasteiger partial charge >= 0.3 is 58.4 Å². The molecule has 0 heterocycles. The van der Waals surface area contributed by atoms with Crippen LogP contribution in [0.1, 0.15) is 0 Å². The van der Waals surface area contributed by atoms with E-state index in [-0.39, 0.29) is 51.4 Å². The number of ether oxygens (including phenoxy) is 1. The molecule has 0 aromatic heterocycles. The van der Waals surface area contributed by atoms with Crippen LogP contribution in [0.2, 0.25) is 0 Å². The third-order valence-electron chi connectivity index (χ3n) is 2.04. The third-order valence-corrected chi connectivity index (χ3v) is 2.94. The molecule has 1 rings (SSSR count). The number of rotatable bonds is 5. The summed E-state index contributed by atoms with van der Waals surface area (Å²) in [6, 6.07) is 1.99. The first kappa shape index (κ1) is 19.4. The van der Waals surface area contributed by atoms with E-state index in [2.05, 4.69) is 0 Å². The van der Waals surface area contributed by atoms with Crippen molar-refractivity contribution in [2.75, 3.05) is 18.6 Å². The molecule has 0 saturated heterocycles.